The van der Waals surface area contributed by atoms with Crippen LogP contribution in [0, 0.1) is 13.8 Å². The molecule has 5 N–H and O–H groups in total. The molecule has 0 spiro atoms. The molecule has 0 aliphatic carbocycles. The summed E-state index contributed by atoms with van der Waals surface area (Å²) in [5.74, 6) is 0. The fourth-order valence-electron chi connectivity index (χ4n) is 3.75. The van der Waals surface area contributed by atoms with Crippen molar-refractivity contribution >= 4 is 69.6 Å². The molecule has 0 aliphatic heterocycles. The molecular formula is C24H21N5O9S3. The molecule has 0 saturated heterocycles. The lowest BCUT2D eigenvalue weighted by molar-refractivity contribution is 0.478. The summed E-state index contributed by atoms with van der Waals surface area (Å²) in [6, 6.07) is 12.4. The van der Waals surface area contributed by atoms with Gasteiger partial charge in [0.05, 0.1) is 26.9 Å². The van der Waals surface area contributed by atoms with E-state index in [9.17, 15) is 38.9 Å². The molecule has 0 unspecified atom stereocenters. The van der Waals surface area contributed by atoms with E-state index in [1.165, 1.54) is 24.3 Å². The molecule has 4 aromatic rings. The van der Waals surface area contributed by atoms with Crippen LogP contribution >= 0.6 is 0 Å². The minimum Gasteiger partial charge on any atom is -0.398 e. The Labute approximate surface area is 234 Å². The van der Waals surface area contributed by atoms with Crippen LogP contribution in [0.2, 0.25) is 0 Å². The Hall–Kier alpha value is -4.13. The fourth-order valence-corrected chi connectivity index (χ4v) is 5.36. The van der Waals surface area contributed by atoms with Crippen LogP contribution in [0.25, 0.3) is 10.8 Å². The predicted molar refractivity (Wildman–Crippen MR) is 149 cm³/mol. The topological polar surface area (TPSA) is 239 Å². The van der Waals surface area contributed by atoms with E-state index in [0.717, 1.165) is 18.2 Å². The van der Waals surface area contributed by atoms with Crippen LogP contribution in [-0.2, 0) is 30.4 Å². The summed E-state index contributed by atoms with van der Waals surface area (Å²) < 4.78 is 97.8. The lowest BCUT2D eigenvalue weighted by Crippen LogP contribution is -2.02. The molecule has 0 amide bonds. The summed E-state index contributed by atoms with van der Waals surface area (Å²) in [4.78, 5) is -1.71. The molecule has 0 fully saturated rings. The van der Waals surface area contributed by atoms with Gasteiger partial charge in [-0.15, -0.1) is 10.2 Å². The van der Waals surface area contributed by atoms with Crippen molar-refractivity contribution in [3.63, 3.8) is 0 Å². The largest absolute Gasteiger partial charge is 0.398 e. The Morgan fingerprint density at radius 3 is 1.56 bits per heavy atom. The van der Waals surface area contributed by atoms with Gasteiger partial charge in [0.2, 0.25) is 0 Å². The number of fused-ring (bicyclic) bond motifs is 1. The Morgan fingerprint density at radius 1 is 0.537 bits per heavy atom. The molecule has 0 radical (unpaired) electrons. The van der Waals surface area contributed by atoms with Crippen LogP contribution in [0.3, 0.4) is 0 Å². The number of nitrogens with two attached hydrogens (primary N) is 1. The number of nitrogens with zero attached hydrogens (tertiary/aromatic N) is 4. The highest BCUT2D eigenvalue weighted by atomic mass is 32.2. The first-order valence-electron chi connectivity index (χ1n) is 11.3. The Bertz CT molecular complexity index is 2110. The van der Waals surface area contributed by atoms with Crippen LogP contribution in [0.15, 0.2) is 95.8 Å². The van der Waals surface area contributed by atoms with Crippen LogP contribution in [0.1, 0.15) is 11.1 Å². The number of hydrogen-bond acceptors (Lipinski definition) is 11. The van der Waals surface area contributed by atoms with Crippen molar-refractivity contribution in [2.45, 2.75) is 28.5 Å². The van der Waals surface area contributed by atoms with Gasteiger partial charge in [-0.1, -0.05) is 6.07 Å². The van der Waals surface area contributed by atoms with Crippen molar-refractivity contribution in [1.29, 1.82) is 0 Å². The number of benzene rings is 4. The van der Waals surface area contributed by atoms with Crippen LogP contribution in [0.5, 0.6) is 0 Å². The third kappa shape index (κ3) is 6.62. The van der Waals surface area contributed by atoms with Crippen molar-refractivity contribution in [3.8, 4) is 0 Å². The van der Waals surface area contributed by atoms with Crippen molar-refractivity contribution in [2.24, 2.45) is 20.5 Å². The molecule has 0 aromatic heterocycles. The highest BCUT2D eigenvalue weighted by Crippen LogP contribution is 2.36. The zero-order valence-electron chi connectivity index (χ0n) is 21.2. The van der Waals surface area contributed by atoms with E-state index in [-0.39, 0.29) is 16.3 Å². The van der Waals surface area contributed by atoms with Gasteiger partial charge in [0.1, 0.15) is 10.6 Å². The number of azo groups is 2. The maximum Gasteiger partial charge on any atom is 0.296 e. The van der Waals surface area contributed by atoms with Crippen molar-refractivity contribution in [1.82, 2.24) is 0 Å². The van der Waals surface area contributed by atoms with Gasteiger partial charge in [-0.3, -0.25) is 13.7 Å². The molecule has 0 heterocycles. The van der Waals surface area contributed by atoms with Gasteiger partial charge in [-0.2, -0.15) is 35.5 Å². The minimum absolute atomic E-state index is 0.246. The summed E-state index contributed by atoms with van der Waals surface area (Å²) >= 11 is 0. The lowest BCUT2D eigenvalue weighted by atomic mass is 10.1. The van der Waals surface area contributed by atoms with Crippen LogP contribution in [0.4, 0.5) is 28.4 Å². The maximum absolute atomic E-state index is 11.7. The minimum atomic E-state index is -4.80. The van der Waals surface area contributed by atoms with Gasteiger partial charge in [-0.05, 0) is 79.6 Å². The second-order valence-corrected chi connectivity index (χ2v) is 13.0. The molecule has 0 saturated carbocycles. The normalized spacial score (nSPS) is 13.0. The predicted octanol–water partition coefficient (Wildman–Crippen LogP) is 5.61. The van der Waals surface area contributed by atoms with Gasteiger partial charge in [0, 0.05) is 16.5 Å². The SMILES string of the molecule is Cc1cc(N=Nc2ccc(N)c3ccc(S(=O)(=O)O)cc23)c(C)cc1N=Nc1cc(S(=O)(=O)O)ccc1S(=O)(=O)O. The van der Waals surface area contributed by atoms with E-state index in [1.54, 1.807) is 32.0 Å². The van der Waals surface area contributed by atoms with Crippen LogP contribution in [-0.4, -0.2) is 38.9 Å². The van der Waals surface area contributed by atoms with E-state index >= 15 is 0 Å². The Morgan fingerprint density at radius 2 is 1.02 bits per heavy atom. The molecule has 0 aliphatic rings. The average molecular weight is 620 g/mol. The Kier molecular flexibility index (Phi) is 7.78. The first-order valence-corrected chi connectivity index (χ1v) is 15.6. The Balaban J connectivity index is 1.73. The smallest absolute Gasteiger partial charge is 0.296 e. The zero-order chi connectivity index (χ0) is 30.3. The van der Waals surface area contributed by atoms with E-state index in [0.29, 0.717) is 33.3 Å². The van der Waals surface area contributed by atoms with Crippen LogP contribution < -0.4 is 5.73 Å². The van der Waals surface area contributed by atoms with Gasteiger partial charge in [0.15, 0.2) is 0 Å². The van der Waals surface area contributed by atoms with E-state index in [1.807, 2.05) is 0 Å². The average Bonchev–Trinajstić information content (AvgIpc) is 2.87. The molecule has 4 aromatic carbocycles. The monoisotopic (exact) mass is 619 g/mol. The highest BCUT2D eigenvalue weighted by molar-refractivity contribution is 7.86. The summed E-state index contributed by atoms with van der Waals surface area (Å²) in [5, 5.41) is 17.1. The van der Waals surface area contributed by atoms with E-state index in [2.05, 4.69) is 20.5 Å². The van der Waals surface area contributed by atoms with Crippen molar-refractivity contribution in [3.05, 3.63) is 71.8 Å². The summed E-state index contributed by atoms with van der Waals surface area (Å²) in [5.41, 5.74) is 7.80. The third-order valence-corrected chi connectivity index (χ3v) is 8.45. The van der Waals surface area contributed by atoms with E-state index in [4.69, 9.17) is 5.73 Å². The number of aryl methyl sites for hydroxylation is 2. The van der Waals surface area contributed by atoms with Crippen molar-refractivity contribution < 1.29 is 38.9 Å². The molecular weight excluding hydrogens is 598 g/mol. The van der Waals surface area contributed by atoms with Gasteiger partial charge >= 0.3 is 0 Å². The first kappa shape index (κ1) is 29.8. The second-order valence-electron chi connectivity index (χ2n) is 8.76. The highest BCUT2D eigenvalue weighted by Gasteiger charge is 2.20. The number of anilines is 1. The summed E-state index contributed by atoms with van der Waals surface area (Å²) in [6.45, 7) is 3.31. The van der Waals surface area contributed by atoms with Gasteiger partial charge in [0.25, 0.3) is 30.4 Å². The molecule has 0 bridgehead atoms. The molecule has 17 heteroatoms. The van der Waals surface area contributed by atoms with Gasteiger partial charge in [-0.25, -0.2) is 0 Å². The summed E-state index contributed by atoms with van der Waals surface area (Å²) in [7, 11) is -14.0. The summed E-state index contributed by atoms with van der Waals surface area (Å²) in [6.07, 6.45) is 0. The molecule has 4 rings (SSSR count). The second kappa shape index (κ2) is 10.7. The quantitative estimate of drug-likeness (QED) is 0.113. The molecule has 14 nitrogen and oxygen atoms in total. The number of hydrogen-bond donors (Lipinski definition) is 4. The molecule has 41 heavy (non-hydrogen) atoms. The standard InChI is InChI=1S/C24H21N5O9S3/c1-13-10-22(28-29-23-12-16(40(33,34)35)4-8-24(23)41(36,37)38)14(2)9-21(13)27-26-20-7-6-19(25)17-5-3-15(11-18(17)20)39(30,31)32/h3-12H,25H2,1-2H3,(H,30,31,32)(H,33,34,35)(H,36,37,38). The fraction of sp³-hybridized carbons (Fsp3) is 0.0833. The first-order chi connectivity index (χ1) is 18.9. The van der Waals surface area contributed by atoms with Crippen molar-refractivity contribution in [2.75, 3.05) is 5.73 Å². The number of rotatable bonds is 7. The lowest BCUT2D eigenvalue weighted by Gasteiger charge is -2.08. The van der Waals surface area contributed by atoms with Gasteiger partial charge < -0.3 is 5.73 Å². The molecule has 0 atom stereocenters. The maximum atomic E-state index is 11.7. The molecule has 214 valence electrons. The van der Waals surface area contributed by atoms with E-state index < -0.39 is 45.8 Å². The third-order valence-electron chi connectivity index (χ3n) is 5.85. The number of nitrogen functional groups attached to an aromatic ring is 1. The zero-order valence-corrected chi connectivity index (χ0v) is 23.6.